The first-order valence-electron chi connectivity index (χ1n) is 9.86. The highest BCUT2D eigenvalue weighted by Gasteiger charge is 2.12. The Labute approximate surface area is 195 Å². The van der Waals surface area contributed by atoms with E-state index in [0.29, 0.717) is 9.47 Å². The van der Waals surface area contributed by atoms with Gasteiger partial charge in [0.15, 0.2) is 4.34 Å². The molecule has 1 heterocycles. The van der Waals surface area contributed by atoms with E-state index < -0.39 is 0 Å². The van der Waals surface area contributed by atoms with Gasteiger partial charge in [0, 0.05) is 11.4 Å². The molecule has 3 rings (SSSR count). The van der Waals surface area contributed by atoms with E-state index in [-0.39, 0.29) is 24.1 Å². The van der Waals surface area contributed by atoms with E-state index in [9.17, 15) is 9.59 Å². The van der Waals surface area contributed by atoms with Crippen LogP contribution in [0.4, 0.5) is 16.5 Å². The Bertz CT molecular complexity index is 1080. The number of nitrogens with one attached hydrogen (secondary N) is 3. The van der Waals surface area contributed by atoms with Crippen molar-refractivity contribution in [2.24, 2.45) is 0 Å². The molecule has 0 atom stereocenters. The Morgan fingerprint density at radius 3 is 2.38 bits per heavy atom. The number of nitrogens with zero attached hydrogens (tertiary/aromatic N) is 2. The molecule has 32 heavy (non-hydrogen) atoms. The number of hydrogen-bond acceptors (Lipinski definition) is 8. The van der Waals surface area contributed by atoms with Crippen molar-refractivity contribution in [3.63, 3.8) is 0 Å². The number of rotatable bonds is 9. The fraction of sp³-hybridized carbons (Fsp3) is 0.273. The monoisotopic (exact) mass is 471 g/mol. The number of thioether (sulfide) groups is 1. The largest absolute Gasteiger partial charge is 0.497 e. The average Bonchev–Trinajstić information content (AvgIpc) is 3.21. The number of carbonyl (C=O) groups excluding carboxylic acids is 2. The van der Waals surface area contributed by atoms with Gasteiger partial charge in [0.05, 0.1) is 19.4 Å². The van der Waals surface area contributed by atoms with Crippen molar-refractivity contribution in [1.82, 2.24) is 15.5 Å². The maximum absolute atomic E-state index is 12.2. The number of hydrogen-bond donors (Lipinski definition) is 3. The van der Waals surface area contributed by atoms with Gasteiger partial charge >= 0.3 is 0 Å². The zero-order valence-electron chi connectivity index (χ0n) is 18.3. The fourth-order valence-electron chi connectivity index (χ4n) is 3.03. The van der Waals surface area contributed by atoms with Crippen molar-refractivity contribution in [1.29, 1.82) is 0 Å². The molecule has 0 aliphatic heterocycles. The normalized spacial score (nSPS) is 10.5. The smallest absolute Gasteiger partial charge is 0.243 e. The second-order valence-corrected chi connectivity index (χ2v) is 9.31. The van der Waals surface area contributed by atoms with Crippen LogP contribution in [0.3, 0.4) is 0 Å². The van der Waals surface area contributed by atoms with Crippen LogP contribution in [-0.4, -0.2) is 41.4 Å². The van der Waals surface area contributed by atoms with Crippen molar-refractivity contribution < 1.29 is 14.3 Å². The summed E-state index contributed by atoms with van der Waals surface area (Å²) in [6.45, 7) is 5.82. The van der Waals surface area contributed by atoms with Crippen LogP contribution in [0.2, 0.25) is 0 Å². The first-order valence-corrected chi connectivity index (χ1v) is 11.7. The van der Waals surface area contributed by atoms with Crippen molar-refractivity contribution in [2.75, 3.05) is 30.0 Å². The van der Waals surface area contributed by atoms with Crippen LogP contribution in [0.5, 0.6) is 5.75 Å². The summed E-state index contributed by atoms with van der Waals surface area (Å²) in [7, 11) is 1.62. The minimum absolute atomic E-state index is 0.0907. The van der Waals surface area contributed by atoms with Gasteiger partial charge in [-0.15, -0.1) is 10.2 Å². The Balaban J connectivity index is 1.42. The third-order valence-corrected chi connectivity index (χ3v) is 6.43. The highest BCUT2D eigenvalue weighted by molar-refractivity contribution is 8.01. The van der Waals surface area contributed by atoms with E-state index in [4.69, 9.17) is 4.74 Å². The number of amides is 2. The molecule has 0 unspecified atom stereocenters. The SMILES string of the molecule is COc1ccc(Nc2nnc(SCC(=O)NCC(=O)Nc3c(C)cc(C)cc3C)s2)cc1. The Morgan fingerprint density at radius 1 is 1.03 bits per heavy atom. The Hall–Kier alpha value is -3.11. The summed E-state index contributed by atoms with van der Waals surface area (Å²) in [6, 6.07) is 11.5. The predicted molar refractivity (Wildman–Crippen MR) is 129 cm³/mol. The van der Waals surface area contributed by atoms with Crippen LogP contribution >= 0.6 is 23.1 Å². The highest BCUT2D eigenvalue weighted by Crippen LogP contribution is 2.28. The van der Waals surface area contributed by atoms with Crippen LogP contribution in [-0.2, 0) is 9.59 Å². The zero-order chi connectivity index (χ0) is 23.1. The van der Waals surface area contributed by atoms with Crippen molar-refractivity contribution in [3.8, 4) is 5.75 Å². The topological polar surface area (TPSA) is 105 Å². The molecule has 0 saturated carbocycles. The van der Waals surface area contributed by atoms with E-state index >= 15 is 0 Å². The lowest BCUT2D eigenvalue weighted by Crippen LogP contribution is -2.34. The zero-order valence-corrected chi connectivity index (χ0v) is 19.9. The molecule has 1 aromatic heterocycles. The number of anilines is 3. The lowest BCUT2D eigenvalue weighted by Gasteiger charge is -2.13. The minimum Gasteiger partial charge on any atom is -0.497 e. The molecule has 0 spiro atoms. The van der Waals surface area contributed by atoms with Crippen LogP contribution in [0.1, 0.15) is 16.7 Å². The van der Waals surface area contributed by atoms with Gasteiger partial charge in [-0.05, 0) is 56.2 Å². The number of methoxy groups -OCH3 is 1. The van der Waals surface area contributed by atoms with Gasteiger partial charge < -0.3 is 20.7 Å². The first kappa shape index (κ1) is 23.6. The molecule has 2 aromatic carbocycles. The molecule has 10 heteroatoms. The molecule has 3 N–H and O–H groups in total. The predicted octanol–water partition coefficient (Wildman–Crippen LogP) is 4.06. The van der Waals surface area contributed by atoms with E-state index in [0.717, 1.165) is 33.8 Å². The highest BCUT2D eigenvalue weighted by atomic mass is 32.2. The quantitative estimate of drug-likeness (QED) is 0.404. The second-order valence-electron chi connectivity index (χ2n) is 7.11. The average molecular weight is 472 g/mol. The third kappa shape index (κ3) is 6.69. The number of benzene rings is 2. The van der Waals surface area contributed by atoms with Gasteiger partial charge in [-0.2, -0.15) is 0 Å². The van der Waals surface area contributed by atoms with Crippen LogP contribution < -0.4 is 20.7 Å². The van der Waals surface area contributed by atoms with Gasteiger partial charge in [-0.25, -0.2) is 0 Å². The van der Waals surface area contributed by atoms with E-state index in [1.165, 1.54) is 23.1 Å². The van der Waals surface area contributed by atoms with Gasteiger partial charge in [-0.1, -0.05) is 40.8 Å². The van der Waals surface area contributed by atoms with E-state index in [1.807, 2.05) is 57.2 Å². The number of ether oxygens (including phenoxy) is 1. The summed E-state index contributed by atoms with van der Waals surface area (Å²) >= 11 is 2.62. The van der Waals surface area contributed by atoms with Gasteiger partial charge in [0.25, 0.3) is 0 Å². The summed E-state index contributed by atoms with van der Waals surface area (Å²) < 4.78 is 5.80. The van der Waals surface area contributed by atoms with Gasteiger partial charge in [0.2, 0.25) is 16.9 Å². The lowest BCUT2D eigenvalue weighted by atomic mass is 10.1. The second kappa shape index (κ2) is 11.0. The van der Waals surface area contributed by atoms with E-state index in [2.05, 4.69) is 26.1 Å². The number of aromatic nitrogens is 2. The van der Waals surface area contributed by atoms with Crippen molar-refractivity contribution in [3.05, 3.63) is 53.1 Å². The first-order chi connectivity index (χ1) is 15.3. The van der Waals surface area contributed by atoms with Gasteiger partial charge in [-0.3, -0.25) is 9.59 Å². The number of aryl methyl sites for hydroxylation is 3. The minimum atomic E-state index is -0.264. The lowest BCUT2D eigenvalue weighted by molar-refractivity contribution is -0.122. The Kier molecular flexibility index (Phi) is 8.07. The molecule has 0 radical (unpaired) electrons. The summed E-state index contributed by atoms with van der Waals surface area (Å²) in [5.74, 6) is 0.406. The maximum atomic E-state index is 12.2. The van der Waals surface area contributed by atoms with Crippen LogP contribution in [0, 0.1) is 20.8 Å². The summed E-state index contributed by atoms with van der Waals surface area (Å²) in [4.78, 5) is 24.4. The molecule has 0 bridgehead atoms. The standard InChI is InChI=1S/C22H25N5O3S2/c1-13-9-14(2)20(15(3)10-13)25-18(28)11-23-19(29)12-31-22-27-26-21(32-22)24-16-5-7-17(30-4)8-6-16/h5-10H,11-12H2,1-4H3,(H,23,29)(H,24,26)(H,25,28). The fourth-order valence-corrected chi connectivity index (χ4v) is 4.64. The molecule has 2 amide bonds. The molecule has 168 valence electrons. The molecule has 0 saturated heterocycles. The van der Waals surface area contributed by atoms with Gasteiger partial charge in [0.1, 0.15) is 5.75 Å². The molecule has 3 aromatic rings. The molecule has 8 nitrogen and oxygen atoms in total. The molecule has 0 aliphatic rings. The molecular formula is C22H25N5O3S2. The van der Waals surface area contributed by atoms with Crippen LogP contribution in [0.25, 0.3) is 0 Å². The van der Waals surface area contributed by atoms with Crippen molar-refractivity contribution >= 4 is 51.4 Å². The third-order valence-electron chi connectivity index (χ3n) is 4.46. The molecule has 0 aliphatic carbocycles. The number of carbonyl (C=O) groups is 2. The van der Waals surface area contributed by atoms with Crippen LogP contribution in [0.15, 0.2) is 40.7 Å². The summed E-state index contributed by atoms with van der Waals surface area (Å²) in [5.41, 5.74) is 4.78. The maximum Gasteiger partial charge on any atom is 0.243 e. The summed E-state index contributed by atoms with van der Waals surface area (Å²) in [5, 5.41) is 17.5. The van der Waals surface area contributed by atoms with Crippen molar-refractivity contribution in [2.45, 2.75) is 25.1 Å². The molecule has 0 fully saturated rings. The molecular weight excluding hydrogens is 446 g/mol. The Morgan fingerprint density at radius 2 is 1.72 bits per heavy atom. The van der Waals surface area contributed by atoms with E-state index in [1.54, 1.807) is 7.11 Å². The summed E-state index contributed by atoms with van der Waals surface area (Å²) in [6.07, 6.45) is 0.